The lowest BCUT2D eigenvalue weighted by molar-refractivity contribution is 0.102. The van der Waals surface area contributed by atoms with Crippen molar-refractivity contribution >= 4 is 33.2 Å². The average Bonchev–Trinajstić information content (AvgIpc) is 2.39. The van der Waals surface area contributed by atoms with Crippen LogP contribution in [0.25, 0.3) is 0 Å². The van der Waals surface area contributed by atoms with Crippen molar-refractivity contribution in [2.75, 3.05) is 18.2 Å². The molecule has 0 atom stereocenters. The van der Waals surface area contributed by atoms with E-state index in [1.807, 2.05) is 19.1 Å². The van der Waals surface area contributed by atoms with Crippen molar-refractivity contribution in [2.24, 2.45) is 0 Å². The molecule has 20 heavy (non-hydrogen) atoms. The molecule has 2 aromatic carbocycles. The Morgan fingerprint density at radius 3 is 2.65 bits per heavy atom. The van der Waals surface area contributed by atoms with E-state index in [-0.39, 0.29) is 5.91 Å². The van der Waals surface area contributed by atoms with Crippen LogP contribution in [0.3, 0.4) is 0 Å². The Bertz CT molecular complexity index is 636. The molecule has 104 valence electrons. The molecule has 0 aromatic heterocycles. The Morgan fingerprint density at radius 2 is 2.00 bits per heavy atom. The molecular weight excluding hydrogens is 320 g/mol. The van der Waals surface area contributed by atoms with Crippen LogP contribution in [0.15, 0.2) is 40.9 Å². The fraction of sp³-hybridized carbons (Fsp3) is 0.133. The van der Waals surface area contributed by atoms with E-state index in [4.69, 9.17) is 10.5 Å². The lowest BCUT2D eigenvalue weighted by atomic mass is 10.1. The highest BCUT2D eigenvalue weighted by Gasteiger charge is 2.11. The topological polar surface area (TPSA) is 64.3 Å². The van der Waals surface area contributed by atoms with E-state index in [0.29, 0.717) is 22.7 Å². The van der Waals surface area contributed by atoms with E-state index in [2.05, 4.69) is 21.2 Å². The standard InChI is InChI=1S/C15H15BrN2O2/c1-9-5-10(7-11(16)6-9)15(19)18-13-4-3-12(17)8-14(13)20-2/h3-8H,17H2,1-2H3,(H,18,19). The Balaban J connectivity index is 2.27. The SMILES string of the molecule is COc1cc(N)ccc1NC(=O)c1cc(C)cc(Br)c1. The summed E-state index contributed by atoms with van der Waals surface area (Å²) in [6.45, 7) is 1.94. The normalized spacial score (nSPS) is 10.2. The molecular formula is C15H15BrN2O2. The number of amides is 1. The number of ether oxygens (including phenoxy) is 1. The highest BCUT2D eigenvalue weighted by molar-refractivity contribution is 9.10. The van der Waals surface area contributed by atoms with Crippen LogP contribution in [0.2, 0.25) is 0 Å². The largest absolute Gasteiger partial charge is 0.494 e. The zero-order valence-corrected chi connectivity index (χ0v) is 12.8. The van der Waals surface area contributed by atoms with E-state index in [1.54, 1.807) is 24.3 Å². The minimum absolute atomic E-state index is 0.197. The number of hydrogen-bond acceptors (Lipinski definition) is 3. The van der Waals surface area contributed by atoms with Crippen LogP contribution in [0.5, 0.6) is 5.75 Å². The fourth-order valence-electron chi connectivity index (χ4n) is 1.87. The highest BCUT2D eigenvalue weighted by atomic mass is 79.9. The quantitative estimate of drug-likeness (QED) is 0.843. The Kier molecular flexibility index (Phi) is 4.29. The first-order valence-corrected chi connectivity index (χ1v) is 6.81. The van der Waals surface area contributed by atoms with Crippen LogP contribution in [-0.2, 0) is 0 Å². The van der Waals surface area contributed by atoms with Gasteiger partial charge in [-0.05, 0) is 42.8 Å². The molecule has 0 aliphatic carbocycles. The second kappa shape index (κ2) is 5.96. The molecule has 0 fully saturated rings. The first kappa shape index (κ1) is 14.4. The number of nitrogens with two attached hydrogens (primary N) is 1. The maximum atomic E-state index is 12.3. The molecule has 2 rings (SSSR count). The Labute approximate surface area is 126 Å². The minimum Gasteiger partial charge on any atom is -0.494 e. The van der Waals surface area contributed by atoms with Crippen LogP contribution in [-0.4, -0.2) is 13.0 Å². The van der Waals surface area contributed by atoms with Crippen molar-refractivity contribution in [3.63, 3.8) is 0 Å². The third kappa shape index (κ3) is 3.30. The second-order valence-corrected chi connectivity index (χ2v) is 5.35. The zero-order chi connectivity index (χ0) is 14.7. The summed E-state index contributed by atoms with van der Waals surface area (Å²) in [5.74, 6) is 0.336. The number of nitrogen functional groups attached to an aromatic ring is 1. The molecule has 0 bridgehead atoms. The maximum absolute atomic E-state index is 12.3. The predicted molar refractivity (Wildman–Crippen MR) is 84.2 cm³/mol. The number of aryl methyl sites for hydroxylation is 1. The van der Waals surface area contributed by atoms with Crippen LogP contribution >= 0.6 is 15.9 Å². The lowest BCUT2D eigenvalue weighted by Crippen LogP contribution is -2.13. The molecule has 5 heteroatoms. The van der Waals surface area contributed by atoms with Gasteiger partial charge in [-0.1, -0.05) is 15.9 Å². The second-order valence-electron chi connectivity index (χ2n) is 4.43. The summed E-state index contributed by atoms with van der Waals surface area (Å²) >= 11 is 3.38. The van der Waals surface area contributed by atoms with E-state index in [1.165, 1.54) is 7.11 Å². The molecule has 0 saturated heterocycles. The molecule has 3 N–H and O–H groups in total. The van der Waals surface area contributed by atoms with E-state index < -0.39 is 0 Å². The van der Waals surface area contributed by atoms with Crippen molar-refractivity contribution in [1.82, 2.24) is 0 Å². The van der Waals surface area contributed by atoms with Gasteiger partial charge in [-0.25, -0.2) is 0 Å². The van der Waals surface area contributed by atoms with Crippen molar-refractivity contribution in [2.45, 2.75) is 6.92 Å². The van der Waals surface area contributed by atoms with E-state index >= 15 is 0 Å². The molecule has 0 spiro atoms. The number of rotatable bonds is 3. The first-order chi connectivity index (χ1) is 9.49. The van der Waals surface area contributed by atoms with Gasteiger partial charge in [0, 0.05) is 21.8 Å². The summed E-state index contributed by atoms with van der Waals surface area (Å²) in [7, 11) is 1.54. The van der Waals surface area contributed by atoms with Gasteiger partial charge in [0.1, 0.15) is 5.75 Å². The number of anilines is 2. The van der Waals surface area contributed by atoms with Gasteiger partial charge in [-0.2, -0.15) is 0 Å². The van der Waals surface area contributed by atoms with Gasteiger partial charge in [0.05, 0.1) is 12.8 Å². The van der Waals surface area contributed by atoms with E-state index in [9.17, 15) is 4.79 Å². The van der Waals surface area contributed by atoms with Crippen LogP contribution in [0.1, 0.15) is 15.9 Å². The minimum atomic E-state index is -0.197. The van der Waals surface area contributed by atoms with E-state index in [0.717, 1.165) is 10.0 Å². The molecule has 0 aliphatic rings. The third-order valence-electron chi connectivity index (χ3n) is 2.78. The molecule has 0 saturated carbocycles. The van der Waals surface area contributed by atoms with Crippen LogP contribution in [0.4, 0.5) is 11.4 Å². The smallest absolute Gasteiger partial charge is 0.255 e. The summed E-state index contributed by atoms with van der Waals surface area (Å²) in [4.78, 5) is 12.3. The molecule has 0 unspecified atom stereocenters. The lowest BCUT2D eigenvalue weighted by Gasteiger charge is -2.11. The van der Waals surface area contributed by atoms with Crippen molar-refractivity contribution < 1.29 is 9.53 Å². The molecule has 1 amide bonds. The molecule has 4 nitrogen and oxygen atoms in total. The van der Waals surface area contributed by atoms with Gasteiger partial charge < -0.3 is 15.8 Å². The van der Waals surface area contributed by atoms with Crippen molar-refractivity contribution in [3.05, 3.63) is 52.0 Å². The monoisotopic (exact) mass is 334 g/mol. The average molecular weight is 335 g/mol. The number of halogens is 1. The third-order valence-corrected chi connectivity index (χ3v) is 3.24. The predicted octanol–water partition coefficient (Wildman–Crippen LogP) is 3.60. The Morgan fingerprint density at radius 1 is 1.25 bits per heavy atom. The number of carbonyl (C=O) groups is 1. The molecule has 0 radical (unpaired) electrons. The molecule has 0 aliphatic heterocycles. The summed E-state index contributed by atoms with van der Waals surface area (Å²) in [5, 5.41) is 2.82. The summed E-state index contributed by atoms with van der Waals surface area (Å²) < 4.78 is 6.07. The van der Waals surface area contributed by atoms with Crippen LogP contribution < -0.4 is 15.8 Å². The van der Waals surface area contributed by atoms with Gasteiger partial charge in [0.25, 0.3) is 5.91 Å². The number of hydrogen-bond donors (Lipinski definition) is 2. The highest BCUT2D eigenvalue weighted by Crippen LogP contribution is 2.27. The number of benzene rings is 2. The number of carbonyl (C=O) groups excluding carboxylic acids is 1. The van der Waals surface area contributed by atoms with Gasteiger partial charge in [-0.15, -0.1) is 0 Å². The van der Waals surface area contributed by atoms with Gasteiger partial charge in [0.2, 0.25) is 0 Å². The fourth-order valence-corrected chi connectivity index (χ4v) is 2.48. The van der Waals surface area contributed by atoms with Crippen LogP contribution in [0, 0.1) is 6.92 Å². The maximum Gasteiger partial charge on any atom is 0.255 e. The molecule has 0 heterocycles. The Hall–Kier alpha value is -2.01. The molecule has 2 aromatic rings. The van der Waals surface area contributed by atoms with Crippen molar-refractivity contribution in [3.8, 4) is 5.75 Å². The summed E-state index contributed by atoms with van der Waals surface area (Å²) in [5.41, 5.74) is 8.44. The summed E-state index contributed by atoms with van der Waals surface area (Å²) in [6, 6.07) is 10.6. The number of nitrogens with one attached hydrogen (secondary N) is 1. The first-order valence-electron chi connectivity index (χ1n) is 6.01. The van der Waals surface area contributed by atoms with Gasteiger partial charge in [0.15, 0.2) is 0 Å². The summed E-state index contributed by atoms with van der Waals surface area (Å²) in [6.07, 6.45) is 0. The van der Waals surface area contributed by atoms with Gasteiger partial charge >= 0.3 is 0 Å². The zero-order valence-electron chi connectivity index (χ0n) is 11.2. The van der Waals surface area contributed by atoms with Gasteiger partial charge in [-0.3, -0.25) is 4.79 Å². The van der Waals surface area contributed by atoms with Crippen molar-refractivity contribution in [1.29, 1.82) is 0 Å². The number of methoxy groups -OCH3 is 1.